The van der Waals surface area contributed by atoms with Gasteiger partial charge in [0, 0.05) is 19.1 Å². The lowest BCUT2D eigenvalue weighted by Crippen LogP contribution is -2.41. The highest BCUT2D eigenvalue weighted by Gasteiger charge is 2.48. The zero-order chi connectivity index (χ0) is 21.4. The number of phosphoric ester groups is 1. The van der Waals surface area contributed by atoms with Crippen LogP contribution in [0.2, 0.25) is 0 Å². The molecule has 1 aliphatic rings. The maximum Gasteiger partial charge on any atom is 0.470 e. The number of aliphatic hydroxyl groups is 2. The van der Waals surface area contributed by atoms with Gasteiger partial charge in [0.05, 0.1) is 29.1 Å². The van der Waals surface area contributed by atoms with Gasteiger partial charge >= 0.3 is 7.82 Å². The Morgan fingerprint density at radius 1 is 1.15 bits per heavy atom. The fraction of sp³-hybridized carbons (Fsp3) is 1.00. The van der Waals surface area contributed by atoms with Crippen LogP contribution in [0.4, 0.5) is 0 Å². The molecule has 0 aromatic heterocycles. The molecule has 2 radical (unpaired) electrons. The van der Waals surface area contributed by atoms with E-state index in [0.29, 0.717) is 6.42 Å². The van der Waals surface area contributed by atoms with Crippen molar-refractivity contribution in [2.24, 2.45) is 0 Å². The SMILES string of the molecule is [B][C@@H]1O[C@H](CC(C)(CC)OP(C)(=O)C(C)C(C)(C)OP(=O)(O)O)[C@@H](O)[C@H]1O. The van der Waals surface area contributed by atoms with Crippen LogP contribution in [0, 0.1) is 0 Å². The molecule has 4 N–H and O–H groups in total. The average molecular weight is 428 g/mol. The van der Waals surface area contributed by atoms with Gasteiger partial charge in [0.25, 0.3) is 0 Å². The third-order valence-electron chi connectivity index (χ3n) is 5.25. The van der Waals surface area contributed by atoms with Gasteiger partial charge in [-0.1, -0.05) is 13.8 Å². The van der Waals surface area contributed by atoms with Gasteiger partial charge in [0.2, 0.25) is 7.37 Å². The summed E-state index contributed by atoms with van der Waals surface area (Å²) in [4.78, 5) is 18.2. The normalized spacial score (nSPS) is 32.7. The van der Waals surface area contributed by atoms with E-state index in [-0.39, 0.29) is 6.42 Å². The Balaban J connectivity index is 2.96. The molecular formula is C15H31BO9P2. The van der Waals surface area contributed by atoms with Crippen LogP contribution in [0.15, 0.2) is 0 Å². The Kier molecular flexibility index (Phi) is 8.00. The minimum Gasteiger partial charge on any atom is -0.388 e. The van der Waals surface area contributed by atoms with E-state index >= 15 is 0 Å². The molecule has 0 aromatic rings. The lowest BCUT2D eigenvalue weighted by atomic mass is 9.90. The topological polar surface area (TPSA) is 143 Å². The van der Waals surface area contributed by atoms with Gasteiger partial charge in [-0.15, -0.1) is 0 Å². The molecule has 0 amide bonds. The molecule has 0 aromatic carbocycles. The van der Waals surface area contributed by atoms with E-state index < -0.39 is 56.4 Å². The fourth-order valence-corrected chi connectivity index (χ4v) is 6.36. The molecule has 1 fully saturated rings. The highest BCUT2D eigenvalue weighted by Crippen LogP contribution is 2.59. The second kappa shape index (κ2) is 8.54. The maximum atomic E-state index is 13.3. The van der Waals surface area contributed by atoms with Crippen molar-refractivity contribution in [3.63, 3.8) is 0 Å². The van der Waals surface area contributed by atoms with E-state index in [2.05, 4.69) is 0 Å². The zero-order valence-corrected chi connectivity index (χ0v) is 18.4. The molecule has 1 rings (SSSR count). The summed E-state index contributed by atoms with van der Waals surface area (Å²) in [7, 11) is -2.63. The predicted octanol–water partition coefficient (Wildman–Crippen LogP) is 1.36. The van der Waals surface area contributed by atoms with Crippen LogP contribution in [0.3, 0.4) is 0 Å². The molecule has 1 saturated heterocycles. The molecule has 0 saturated carbocycles. The number of aliphatic hydroxyl groups excluding tert-OH is 2. The summed E-state index contributed by atoms with van der Waals surface area (Å²) >= 11 is 0. The van der Waals surface area contributed by atoms with Crippen LogP contribution in [-0.4, -0.2) is 75.7 Å². The summed E-state index contributed by atoms with van der Waals surface area (Å²) in [5, 5.41) is 19.8. The summed E-state index contributed by atoms with van der Waals surface area (Å²) in [6.45, 7) is 9.27. The minimum atomic E-state index is -4.79. The highest BCUT2D eigenvalue weighted by molar-refractivity contribution is 7.59. The van der Waals surface area contributed by atoms with Crippen molar-refractivity contribution in [2.75, 3.05) is 6.66 Å². The predicted molar refractivity (Wildman–Crippen MR) is 101 cm³/mol. The monoisotopic (exact) mass is 428 g/mol. The van der Waals surface area contributed by atoms with Gasteiger partial charge in [-0.2, -0.15) is 0 Å². The quantitative estimate of drug-likeness (QED) is 0.316. The van der Waals surface area contributed by atoms with Crippen LogP contribution in [-0.2, 0) is 22.9 Å². The van der Waals surface area contributed by atoms with Crippen molar-refractivity contribution in [2.45, 2.75) is 88.6 Å². The summed E-state index contributed by atoms with van der Waals surface area (Å²) in [5.74, 6) is 0. The van der Waals surface area contributed by atoms with Crippen molar-refractivity contribution >= 4 is 23.0 Å². The van der Waals surface area contributed by atoms with Crippen LogP contribution >= 0.6 is 15.2 Å². The molecule has 1 aliphatic heterocycles. The van der Waals surface area contributed by atoms with Crippen LogP contribution in [0.25, 0.3) is 0 Å². The lowest BCUT2D eigenvalue weighted by molar-refractivity contribution is -0.0341. The van der Waals surface area contributed by atoms with E-state index in [4.69, 9.17) is 31.4 Å². The zero-order valence-electron chi connectivity index (χ0n) is 16.6. The summed E-state index contributed by atoms with van der Waals surface area (Å²) in [5.41, 5.74) is -3.25. The molecule has 9 nitrogen and oxygen atoms in total. The fourth-order valence-electron chi connectivity index (χ4n) is 3.08. The molecular weight excluding hydrogens is 397 g/mol. The molecule has 12 heteroatoms. The summed E-state index contributed by atoms with van der Waals surface area (Å²) < 4.78 is 40.6. The third kappa shape index (κ3) is 6.63. The molecule has 158 valence electrons. The lowest BCUT2D eigenvalue weighted by Gasteiger charge is -2.40. The smallest absolute Gasteiger partial charge is 0.388 e. The number of ether oxygens (including phenoxy) is 1. The molecule has 0 aliphatic carbocycles. The second-order valence-corrected chi connectivity index (χ2v) is 11.9. The van der Waals surface area contributed by atoms with Gasteiger partial charge in [0.1, 0.15) is 14.0 Å². The van der Waals surface area contributed by atoms with E-state index in [9.17, 15) is 19.3 Å². The first-order valence-corrected chi connectivity index (χ1v) is 12.4. The van der Waals surface area contributed by atoms with Crippen LogP contribution in [0.5, 0.6) is 0 Å². The molecule has 3 unspecified atom stereocenters. The van der Waals surface area contributed by atoms with Gasteiger partial charge in [-0.25, -0.2) is 4.57 Å². The Labute approximate surface area is 161 Å². The largest absolute Gasteiger partial charge is 0.470 e. The van der Waals surface area contributed by atoms with Gasteiger partial charge in [0.15, 0.2) is 0 Å². The second-order valence-electron chi connectivity index (χ2n) is 7.99. The molecule has 1 heterocycles. The first-order valence-electron chi connectivity index (χ1n) is 8.75. The van der Waals surface area contributed by atoms with Crippen LogP contribution in [0.1, 0.15) is 47.5 Å². The number of phosphoric acid groups is 1. The Morgan fingerprint density at radius 3 is 2.04 bits per heavy atom. The summed E-state index contributed by atoms with van der Waals surface area (Å²) in [6, 6.07) is -1.02. The van der Waals surface area contributed by atoms with Crippen molar-refractivity contribution in [3.05, 3.63) is 0 Å². The van der Waals surface area contributed by atoms with Gasteiger partial charge in [-0.3, -0.25) is 9.09 Å². The van der Waals surface area contributed by atoms with Crippen molar-refractivity contribution in [1.82, 2.24) is 0 Å². The molecule has 27 heavy (non-hydrogen) atoms. The Morgan fingerprint density at radius 2 is 1.67 bits per heavy atom. The molecule has 0 spiro atoms. The van der Waals surface area contributed by atoms with Crippen LogP contribution < -0.4 is 0 Å². The minimum absolute atomic E-state index is 0.125. The van der Waals surface area contributed by atoms with Gasteiger partial charge in [-0.05, 0) is 27.2 Å². The van der Waals surface area contributed by atoms with E-state index in [0.717, 1.165) is 0 Å². The molecule has 0 bridgehead atoms. The van der Waals surface area contributed by atoms with E-state index in [1.54, 1.807) is 13.8 Å². The standard InChI is InChI=1S/C15H31BO9P2/c1-7-15(5,8-10-11(17)12(18)13(16)23-10)25-26(6,19)9(2)14(3,4)24-27(20,21)22/h9-13,17-18H,7-8H2,1-6H3,(H2,20,21,22)/t9?,10-,11-,12-,13-,15?,26?/m1/s1. The Bertz CT molecular complexity index is 610. The number of hydrogen-bond acceptors (Lipinski definition) is 7. The number of rotatable bonds is 9. The summed E-state index contributed by atoms with van der Waals surface area (Å²) in [6.07, 6.45) is -2.68. The highest BCUT2D eigenvalue weighted by atomic mass is 31.2. The molecule has 7 atom stereocenters. The maximum absolute atomic E-state index is 13.3. The Hall–Kier alpha value is 0.245. The van der Waals surface area contributed by atoms with E-state index in [1.807, 2.05) is 0 Å². The number of hydrogen-bond donors (Lipinski definition) is 4. The van der Waals surface area contributed by atoms with Crippen molar-refractivity contribution in [1.29, 1.82) is 0 Å². The van der Waals surface area contributed by atoms with E-state index in [1.165, 1.54) is 27.4 Å². The third-order valence-corrected chi connectivity index (χ3v) is 8.79. The van der Waals surface area contributed by atoms with Crippen molar-refractivity contribution in [3.8, 4) is 0 Å². The van der Waals surface area contributed by atoms with Gasteiger partial charge < -0.3 is 29.3 Å². The average Bonchev–Trinajstić information content (AvgIpc) is 2.70. The first kappa shape index (κ1) is 25.3. The van der Waals surface area contributed by atoms with Crippen molar-refractivity contribution < 1.29 is 42.9 Å². The first-order chi connectivity index (χ1) is 11.9.